The lowest BCUT2D eigenvalue weighted by atomic mass is 10.00. The lowest BCUT2D eigenvalue weighted by Gasteiger charge is -2.24. The minimum atomic E-state index is -1.27. The summed E-state index contributed by atoms with van der Waals surface area (Å²) in [7, 11) is 1.78. The van der Waals surface area contributed by atoms with Crippen LogP contribution in [0, 0.1) is 6.92 Å². The van der Waals surface area contributed by atoms with Crippen molar-refractivity contribution in [1.82, 2.24) is 20.4 Å². The van der Waals surface area contributed by atoms with E-state index >= 15 is 0 Å². The van der Waals surface area contributed by atoms with Gasteiger partial charge in [0.05, 0.1) is 22.4 Å². The van der Waals surface area contributed by atoms with Gasteiger partial charge in [-0.3, -0.25) is 4.68 Å². The highest BCUT2D eigenvalue weighted by Gasteiger charge is 2.32. The number of urea groups is 1. The first-order valence-corrected chi connectivity index (χ1v) is 6.98. The summed E-state index contributed by atoms with van der Waals surface area (Å²) < 4.78 is 2.49. The van der Waals surface area contributed by atoms with Crippen molar-refractivity contribution >= 4 is 27.9 Å². The molecule has 0 saturated heterocycles. The number of nitrogens with one attached hydrogen (secondary N) is 2. The largest absolute Gasteiger partial charge is 0.480 e. The minimum Gasteiger partial charge on any atom is -0.480 e. The van der Waals surface area contributed by atoms with E-state index in [9.17, 15) is 9.59 Å². The van der Waals surface area contributed by atoms with Crippen LogP contribution >= 0.6 is 15.9 Å². The Kier molecular flexibility index (Phi) is 5.15. The first-order valence-electron chi connectivity index (χ1n) is 6.18. The molecule has 0 bridgehead atoms. The average Bonchev–Trinajstić information content (AvgIpc) is 2.61. The maximum absolute atomic E-state index is 11.8. The molecule has 20 heavy (non-hydrogen) atoms. The van der Waals surface area contributed by atoms with Gasteiger partial charge in [0.1, 0.15) is 5.54 Å². The van der Waals surface area contributed by atoms with Crippen molar-refractivity contribution in [1.29, 1.82) is 0 Å². The van der Waals surface area contributed by atoms with Crippen molar-refractivity contribution in [3.63, 3.8) is 0 Å². The summed E-state index contributed by atoms with van der Waals surface area (Å²) in [4.78, 5) is 22.9. The highest BCUT2D eigenvalue weighted by molar-refractivity contribution is 9.10. The standard InChI is InChI=1S/C12H19BrN4O3/c1-5-12(3,10(18)19)15-11(20)14-6-8-9(13)7(2)16-17(8)4/h5-6H2,1-4H3,(H,18,19)(H2,14,15,20). The molecule has 0 fully saturated rings. The zero-order valence-electron chi connectivity index (χ0n) is 12.0. The van der Waals surface area contributed by atoms with E-state index in [2.05, 4.69) is 31.7 Å². The molecule has 112 valence electrons. The number of carbonyl (C=O) groups excluding carboxylic acids is 1. The first kappa shape index (κ1) is 16.5. The van der Waals surface area contributed by atoms with Crippen LogP contribution < -0.4 is 10.6 Å². The van der Waals surface area contributed by atoms with E-state index in [0.717, 1.165) is 15.9 Å². The Balaban J connectivity index is 2.66. The summed E-state index contributed by atoms with van der Waals surface area (Å²) in [5, 5.41) is 18.4. The third-order valence-electron chi connectivity index (χ3n) is 3.25. The van der Waals surface area contributed by atoms with Gasteiger partial charge < -0.3 is 15.7 Å². The molecular formula is C12H19BrN4O3. The molecule has 1 rings (SSSR count). The molecular weight excluding hydrogens is 328 g/mol. The monoisotopic (exact) mass is 346 g/mol. The quantitative estimate of drug-likeness (QED) is 0.753. The maximum atomic E-state index is 11.8. The van der Waals surface area contributed by atoms with Gasteiger partial charge >= 0.3 is 12.0 Å². The molecule has 0 saturated carbocycles. The van der Waals surface area contributed by atoms with E-state index in [1.807, 2.05) is 6.92 Å². The number of aromatic nitrogens is 2. The molecule has 1 atom stereocenters. The topological polar surface area (TPSA) is 96.3 Å². The highest BCUT2D eigenvalue weighted by atomic mass is 79.9. The number of hydrogen-bond donors (Lipinski definition) is 3. The van der Waals surface area contributed by atoms with Crippen molar-refractivity contribution in [3.05, 3.63) is 15.9 Å². The van der Waals surface area contributed by atoms with Gasteiger partial charge in [0.15, 0.2) is 0 Å². The Labute approximate surface area is 125 Å². The first-order chi connectivity index (χ1) is 9.21. The van der Waals surface area contributed by atoms with Crippen molar-refractivity contribution in [2.75, 3.05) is 0 Å². The van der Waals surface area contributed by atoms with Crippen LogP contribution in [0.15, 0.2) is 4.47 Å². The van der Waals surface area contributed by atoms with Gasteiger partial charge in [-0.05, 0) is 36.2 Å². The summed E-state index contributed by atoms with van der Waals surface area (Å²) >= 11 is 3.40. The number of aryl methyl sites for hydroxylation is 2. The predicted molar refractivity (Wildman–Crippen MR) is 77.3 cm³/mol. The van der Waals surface area contributed by atoms with Crippen molar-refractivity contribution in [3.8, 4) is 0 Å². The maximum Gasteiger partial charge on any atom is 0.329 e. The third-order valence-corrected chi connectivity index (χ3v) is 4.28. The van der Waals surface area contributed by atoms with E-state index in [1.165, 1.54) is 6.92 Å². The Morgan fingerprint density at radius 1 is 1.50 bits per heavy atom. The normalized spacial score (nSPS) is 13.7. The van der Waals surface area contributed by atoms with Crippen LogP contribution in [0.5, 0.6) is 0 Å². The molecule has 0 radical (unpaired) electrons. The zero-order chi connectivity index (χ0) is 15.5. The number of nitrogens with zero attached hydrogens (tertiary/aromatic N) is 2. The van der Waals surface area contributed by atoms with E-state index in [0.29, 0.717) is 6.42 Å². The van der Waals surface area contributed by atoms with Crippen LogP contribution in [0.3, 0.4) is 0 Å². The van der Waals surface area contributed by atoms with E-state index in [4.69, 9.17) is 5.11 Å². The van der Waals surface area contributed by atoms with Crippen molar-refractivity contribution in [2.45, 2.75) is 39.3 Å². The third kappa shape index (κ3) is 3.50. The molecule has 0 aliphatic carbocycles. The smallest absolute Gasteiger partial charge is 0.329 e. The number of aliphatic carboxylic acids is 1. The second kappa shape index (κ2) is 6.25. The number of amides is 2. The Morgan fingerprint density at radius 3 is 2.50 bits per heavy atom. The van der Waals surface area contributed by atoms with E-state index < -0.39 is 17.5 Å². The highest BCUT2D eigenvalue weighted by Crippen LogP contribution is 2.19. The summed E-state index contributed by atoms with van der Waals surface area (Å²) in [6.07, 6.45) is 0.296. The molecule has 1 heterocycles. The number of carboxylic acid groups (broad SMARTS) is 1. The lowest BCUT2D eigenvalue weighted by molar-refractivity contribution is -0.143. The minimum absolute atomic E-state index is 0.253. The van der Waals surface area contributed by atoms with Crippen molar-refractivity contribution in [2.24, 2.45) is 7.05 Å². The van der Waals surface area contributed by atoms with Crippen LogP contribution in [0.1, 0.15) is 31.7 Å². The van der Waals surface area contributed by atoms with Crippen LogP contribution in [0.2, 0.25) is 0 Å². The molecule has 1 aromatic heterocycles. The SMILES string of the molecule is CCC(C)(NC(=O)NCc1c(Br)c(C)nn1C)C(=O)O. The van der Waals surface area contributed by atoms with Gasteiger partial charge in [-0.15, -0.1) is 0 Å². The summed E-state index contributed by atoms with van der Waals surface area (Å²) in [5.41, 5.74) is 0.365. The molecule has 1 aromatic rings. The van der Waals surface area contributed by atoms with Gasteiger partial charge in [0.25, 0.3) is 0 Å². The van der Waals surface area contributed by atoms with Gasteiger partial charge in [-0.2, -0.15) is 5.10 Å². The molecule has 2 amide bonds. The fourth-order valence-electron chi connectivity index (χ4n) is 1.62. The lowest BCUT2D eigenvalue weighted by Crippen LogP contribution is -2.54. The van der Waals surface area contributed by atoms with Crippen LogP contribution in [0.4, 0.5) is 4.79 Å². The van der Waals surface area contributed by atoms with Gasteiger partial charge in [0.2, 0.25) is 0 Å². The summed E-state index contributed by atoms with van der Waals surface area (Å²) in [6, 6.07) is -0.525. The van der Waals surface area contributed by atoms with Crippen LogP contribution in [0.25, 0.3) is 0 Å². The number of carbonyl (C=O) groups is 2. The Bertz CT molecular complexity index is 529. The van der Waals surface area contributed by atoms with E-state index in [-0.39, 0.29) is 6.54 Å². The number of rotatable bonds is 5. The fourth-order valence-corrected chi connectivity index (χ4v) is 2.10. The number of carboxylic acids is 1. The molecule has 0 aliphatic rings. The molecule has 8 heteroatoms. The molecule has 0 spiro atoms. The zero-order valence-corrected chi connectivity index (χ0v) is 13.5. The average molecular weight is 347 g/mol. The van der Waals surface area contributed by atoms with Crippen molar-refractivity contribution < 1.29 is 14.7 Å². The van der Waals surface area contributed by atoms with Gasteiger partial charge in [-0.1, -0.05) is 6.92 Å². The second-order valence-electron chi connectivity index (χ2n) is 4.77. The molecule has 7 nitrogen and oxygen atoms in total. The van der Waals surface area contributed by atoms with Gasteiger partial charge in [0, 0.05) is 7.05 Å². The molecule has 1 unspecified atom stereocenters. The number of halogens is 1. The van der Waals surface area contributed by atoms with E-state index in [1.54, 1.807) is 18.7 Å². The number of hydrogen-bond acceptors (Lipinski definition) is 3. The predicted octanol–water partition coefficient (Wildman–Crippen LogP) is 1.54. The Morgan fingerprint density at radius 2 is 2.10 bits per heavy atom. The molecule has 3 N–H and O–H groups in total. The van der Waals surface area contributed by atoms with Crippen LogP contribution in [-0.4, -0.2) is 32.4 Å². The van der Waals surface area contributed by atoms with Gasteiger partial charge in [-0.25, -0.2) is 9.59 Å². The fraction of sp³-hybridized carbons (Fsp3) is 0.583. The summed E-state index contributed by atoms with van der Waals surface area (Å²) in [6.45, 7) is 5.28. The molecule has 0 aliphatic heterocycles. The van der Waals surface area contributed by atoms with Crippen LogP contribution in [-0.2, 0) is 18.4 Å². The Hall–Kier alpha value is -1.57. The molecule has 0 aromatic carbocycles. The summed E-state index contributed by atoms with van der Waals surface area (Å²) in [5.74, 6) is -1.06. The second-order valence-corrected chi connectivity index (χ2v) is 5.56.